The Morgan fingerprint density at radius 2 is 1.49 bits per heavy atom. The Morgan fingerprint density at radius 1 is 0.867 bits per heavy atom. The molecule has 0 unspecified atom stereocenters. The number of ether oxygens (including phenoxy) is 5. The summed E-state index contributed by atoms with van der Waals surface area (Å²) in [5.74, 6) is -8.50. The van der Waals surface area contributed by atoms with Crippen molar-refractivity contribution < 1.29 is 58.2 Å². The van der Waals surface area contributed by atoms with E-state index in [1.54, 1.807) is 6.92 Å². The minimum atomic E-state index is -2.02. The van der Waals surface area contributed by atoms with Gasteiger partial charge in [-0.2, -0.15) is 0 Å². The molecule has 3 saturated heterocycles. The second kappa shape index (κ2) is 8.47. The predicted octanol–water partition coefficient (Wildman–Crippen LogP) is 0.757. The van der Waals surface area contributed by atoms with Crippen molar-refractivity contribution in [1.29, 1.82) is 0 Å². The molecule has 8 rings (SSSR count). The quantitative estimate of drug-likeness (QED) is 0.221. The Balaban J connectivity index is 1.34. The Hall–Kier alpha value is -2.12. The number of carbonyl (C=O) groups excluding carboxylic acids is 4. The molecule has 0 aromatic heterocycles. The third-order valence-corrected chi connectivity index (χ3v) is 14.8. The topological polar surface area (TPSA) is 182 Å². The summed E-state index contributed by atoms with van der Waals surface area (Å²) < 4.78 is 30.1. The molecule has 20 atom stereocenters. The zero-order valence-corrected chi connectivity index (χ0v) is 26.9. The number of ketones is 1. The molecule has 1 spiro atoms. The molecule has 5 saturated carbocycles. The van der Waals surface area contributed by atoms with Gasteiger partial charge in [-0.15, -0.1) is 0 Å². The van der Waals surface area contributed by atoms with Gasteiger partial charge >= 0.3 is 17.9 Å². The minimum absolute atomic E-state index is 0.264. The molecular weight excluding hydrogens is 588 g/mol. The number of hydrogen-bond donors (Lipinski definition) is 3. The highest BCUT2D eigenvalue weighted by atomic mass is 16.8. The van der Waals surface area contributed by atoms with Gasteiger partial charge in [0.1, 0.15) is 30.5 Å². The van der Waals surface area contributed by atoms with E-state index in [4.69, 9.17) is 23.7 Å². The second-order valence-electron chi connectivity index (χ2n) is 16.3. The molecular formula is C33H44O12. The van der Waals surface area contributed by atoms with Crippen molar-refractivity contribution in [3.05, 3.63) is 0 Å². The van der Waals surface area contributed by atoms with Crippen molar-refractivity contribution in [3.63, 3.8) is 0 Å². The van der Waals surface area contributed by atoms with Crippen molar-refractivity contribution in [1.82, 2.24) is 0 Å². The van der Waals surface area contributed by atoms with Crippen LogP contribution in [-0.4, -0.2) is 93.1 Å². The number of epoxide rings is 2. The van der Waals surface area contributed by atoms with Crippen LogP contribution in [0.15, 0.2) is 0 Å². The van der Waals surface area contributed by atoms with Crippen LogP contribution >= 0.6 is 0 Å². The Bertz CT molecular complexity index is 1430. The summed E-state index contributed by atoms with van der Waals surface area (Å²) in [5, 5.41) is 36.5. The van der Waals surface area contributed by atoms with Gasteiger partial charge in [0, 0.05) is 48.3 Å². The summed E-state index contributed by atoms with van der Waals surface area (Å²) in [6, 6.07) is 0. The highest BCUT2D eigenvalue weighted by Crippen LogP contribution is 2.81. The van der Waals surface area contributed by atoms with Crippen LogP contribution in [0.3, 0.4) is 0 Å². The summed E-state index contributed by atoms with van der Waals surface area (Å²) in [6.07, 6.45) is -5.14. The van der Waals surface area contributed by atoms with E-state index >= 15 is 0 Å². The highest BCUT2D eigenvalue weighted by Gasteiger charge is 2.92. The fourth-order valence-electron chi connectivity index (χ4n) is 13.2. The molecule has 12 heteroatoms. The molecule has 0 amide bonds. The standard InChI is InChI=1S/C33H44O12/c1-10-17-16(22(37)21(36)14-9-15-24(43-15)27(29(14,17)5)42-13(4)35)19-23(38)20-18(30(19,6)25(10)41-12(3)34)11(2)26-33(44-26)31(20,7)32(8,40)28(39)45-33/h10-11,14-20,22-27,37-38,40H,9H2,1-8H3/t10-,11-,14+,15-,16+,17-,18-,19+,20-,22+,23+,24-,25-,26-,27-,29-,30+,31-,32+,33+/m0/s1. The molecule has 3 N–H and O–H groups in total. The molecule has 0 aromatic rings. The van der Waals surface area contributed by atoms with Gasteiger partial charge in [0.15, 0.2) is 11.4 Å². The van der Waals surface area contributed by atoms with Gasteiger partial charge in [0.2, 0.25) is 5.79 Å². The minimum Gasteiger partial charge on any atom is -0.462 e. The number of rotatable bonds is 2. The predicted molar refractivity (Wildman–Crippen MR) is 149 cm³/mol. The molecule has 3 aliphatic heterocycles. The van der Waals surface area contributed by atoms with Crippen LogP contribution in [0, 0.1) is 63.6 Å². The van der Waals surface area contributed by atoms with E-state index < -0.39 is 124 Å². The zero-order chi connectivity index (χ0) is 32.7. The Kier molecular flexibility index (Phi) is 5.69. The van der Waals surface area contributed by atoms with Crippen LogP contribution in [0.25, 0.3) is 0 Å². The number of carbonyl (C=O) groups is 4. The number of esters is 3. The SMILES string of the molecule is CC(=O)O[C@H]1[C@@H](C)[C@H]2[C@H]([C@@H]3[C@@H](O)[C@@H]4[C@H]([C@H](C)[C@@H]5O[C@@]56OC(=O)[C@@](C)(O)[C@]46C)[C@]31C)[C@@H](O)C(=O)[C@H]1C[C@@H]3O[C@@H]3[C@H](OC(C)=O)[C@]21C. The maximum atomic E-state index is 14.3. The first-order valence-corrected chi connectivity index (χ1v) is 16.4. The third kappa shape index (κ3) is 3.05. The summed E-state index contributed by atoms with van der Waals surface area (Å²) in [7, 11) is 0. The lowest BCUT2D eigenvalue weighted by molar-refractivity contribution is -0.252. The second-order valence-corrected chi connectivity index (χ2v) is 16.3. The average Bonchev–Trinajstić information content (AvgIpc) is 3.84. The first-order chi connectivity index (χ1) is 20.8. The monoisotopic (exact) mass is 632 g/mol. The van der Waals surface area contributed by atoms with Gasteiger partial charge in [0.05, 0.1) is 17.6 Å². The molecule has 0 radical (unpaired) electrons. The van der Waals surface area contributed by atoms with Crippen LogP contribution in [0.5, 0.6) is 0 Å². The van der Waals surface area contributed by atoms with E-state index in [1.165, 1.54) is 20.8 Å². The van der Waals surface area contributed by atoms with Gasteiger partial charge in [-0.25, -0.2) is 4.79 Å². The van der Waals surface area contributed by atoms with E-state index in [0.717, 1.165) is 0 Å². The normalized spacial score (nSPS) is 63.0. The van der Waals surface area contributed by atoms with E-state index in [9.17, 15) is 34.5 Å². The fourth-order valence-corrected chi connectivity index (χ4v) is 13.2. The van der Waals surface area contributed by atoms with Crippen LogP contribution in [-0.2, 0) is 42.9 Å². The van der Waals surface area contributed by atoms with Crippen molar-refractivity contribution in [2.75, 3.05) is 0 Å². The first-order valence-electron chi connectivity index (χ1n) is 16.4. The van der Waals surface area contributed by atoms with Gasteiger partial charge in [0.25, 0.3) is 0 Å². The van der Waals surface area contributed by atoms with Gasteiger partial charge in [-0.1, -0.05) is 27.7 Å². The number of hydrogen-bond acceptors (Lipinski definition) is 12. The van der Waals surface area contributed by atoms with E-state index in [0.29, 0.717) is 6.42 Å². The molecule has 8 aliphatic rings. The van der Waals surface area contributed by atoms with Crippen molar-refractivity contribution >= 4 is 23.7 Å². The smallest absolute Gasteiger partial charge is 0.341 e. The molecule has 0 aromatic carbocycles. The molecule has 3 heterocycles. The lowest BCUT2D eigenvalue weighted by Gasteiger charge is -2.65. The lowest BCUT2D eigenvalue weighted by atomic mass is 9.39. The Labute approximate surface area is 261 Å². The highest BCUT2D eigenvalue weighted by molar-refractivity contribution is 5.88. The van der Waals surface area contributed by atoms with Crippen LogP contribution < -0.4 is 0 Å². The first kappa shape index (κ1) is 30.2. The van der Waals surface area contributed by atoms with Gasteiger partial charge < -0.3 is 39.0 Å². The largest absolute Gasteiger partial charge is 0.462 e. The molecule has 5 aliphatic carbocycles. The maximum absolute atomic E-state index is 14.3. The summed E-state index contributed by atoms with van der Waals surface area (Å²) in [4.78, 5) is 52.8. The van der Waals surface area contributed by atoms with Crippen LogP contribution in [0.1, 0.15) is 61.8 Å². The van der Waals surface area contributed by atoms with Crippen LogP contribution in [0.4, 0.5) is 0 Å². The zero-order valence-electron chi connectivity index (χ0n) is 26.9. The van der Waals surface area contributed by atoms with E-state index in [2.05, 4.69) is 0 Å². The maximum Gasteiger partial charge on any atom is 0.341 e. The van der Waals surface area contributed by atoms with Crippen molar-refractivity contribution in [3.8, 4) is 0 Å². The molecule has 248 valence electrons. The lowest BCUT2D eigenvalue weighted by Crippen LogP contribution is -2.72. The summed E-state index contributed by atoms with van der Waals surface area (Å²) in [5.41, 5.74) is -5.43. The van der Waals surface area contributed by atoms with E-state index in [-0.39, 0.29) is 17.8 Å². The fraction of sp³-hybridized carbons (Fsp3) is 0.879. The van der Waals surface area contributed by atoms with E-state index in [1.807, 2.05) is 27.7 Å². The van der Waals surface area contributed by atoms with Crippen molar-refractivity contribution in [2.24, 2.45) is 63.6 Å². The van der Waals surface area contributed by atoms with Gasteiger partial charge in [-0.3, -0.25) is 14.4 Å². The number of fused-ring (bicyclic) bond motifs is 9. The van der Waals surface area contributed by atoms with Gasteiger partial charge in [-0.05, 0) is 43.9 Å². The molecule has 8 fully saturated rings. The number of aliphatic hydroxyl groups is 3. The summed E-state index contributed by atoms with van der Waals surface area (Å²) >= 11 is 0. The molecule has 0 bridgehead atoms. The number of Topliss-reactive ketones (excluding diaryl/α,β-unsaturated/α-hetero) is 1. The Morgan fingerprint density at radius 3 is 2.11 bits per heavy atom. The van der Waals surface area contributed by atoms with Crippen molar-refractivity contribution in [2.45, 2.75) is 116 Å². The average molecular weight is 633 g/mol. The summed E-state index contributed by atoms with van der Waals surface area (Å²) in [6.45, 7) is 13.5. The third-order valence-electron chi connectivity index (χ3n) is 14.8. The van der Waals surface area contributed by atoms with Crippen LogP contribution in [0.2, 0.25) is 0 Å². The molecule has 45 heavy (non-hydrogen) atoms. The number of aliphatic hydroxyl groups excluding tert-OH is 2. The molecule has 12 nitrogen and oxygen atoms in total.